The van der Waals surface area contributed by atoms with E-state index in [0.717, 1.165) is 12.8 Å². The van der Waals surface area contributed by atoms with E-state index in [4.69, 9.17) is 0 Å². The first-order chi connectivity index (χ1) is 9.11. The zero-order valence-corrected chi connectivity index (χ0v) is 13.7. The second-order valence-electron chi connectivity index (χ2n) is 5.96. The van der Waals surface area contributed by atoms with E-state index in [1.165, 1.54) is 22.6 Å². The number of carbonyl (C=O) groups excluding carboxylic acids is 1. The van der Waals surface area contributed by atoms with Crippen molar-refractivity contribution in [1.82, 2.24) is 10.2 Å². The Bertz CT molecular complexity index is 464. The molecule has 3 nitrogen and oxygen atoms in total. The predicted octanol–water partition coefficient (Wildman–Crippen LogP) is 2.76. The van der Waals surface area contributed by atoms with Crippen molar-refractivity contribution in [3.8, 4) is 0 Å². The molecule has 0 aliphatic carbocycles. The van der Waals surface area contributed by atoms with Crippen LogP contribution in [0.15, 0.2) is 12.1 Å². The molecule has 0 saturated carbocycles. The molecule has 5 heteroatoms. The number of likely N-dealkylation sites (N-methyl/N-ethyl adjacent to an activating group) is 1. The predicted molar refractivity (Wildman–Crippen MR) is 85.7 cm³/mol. The molecule has 1 aromatic rings. The molecule has 3 rings (SSSR count). The summed E-state index contributed by atoms with van der Waals surface area (Å²) in [4.78, 5) is 16.8. The summed E-state index contributed by atoms with van der Waals surface area (Å²) in [5, 5.41) is 3.63. The van der Waals surface area contributed by atoms with E-state index in [9.17, 15) is 4.79 Å². The van der Waals surface area contributed by atoms with Crippen LogP contribution in [-0.2, 0) is 11.2 Å². The number of nitrogens with zero attached hydrogens (tertiary/aromatic N) is 1. The first kappa shape index (κ1) is 15.8. The van der Waals surface area contributed by atoms with E-state index in [0.29, 0.717) is 24.5 Å². The van der Waals surface area contributed by atoms with Gasteiger partial charge in [-0.3, -0.25) is 4.79 Å². The van der Waals surface area contributed by atoms with Crippen LogP contribution < -0.4 is 5.32 Å². The van der Waals surface area contributed by atoms with Crippen LogP contribution in [0.1, 0.15) is 35.4 Å². The van der Waals surface area contributed by atoms with Gasteiger partial charge in [0.2, 0.25) is 5.91 Å². The second kappa shape index (κ2) is 6.46. The normalized spacial score (nSPS) is 28.0. The molecule has 2 atom stereocenters. The minimum absolute atomic E-state index is 0. The third kappa shape index (κ3) is 3.35. The summed E-state index contributed by atoms with van der Waals surface area (Å²) < 4.78 is 0. The summed E-state index contributed by atoms with van der Waals surface area (Å²) in [6.45, 7) is 2.09. The highest BCUT2D eigenvalue weighted by atomic mass is 35.5. The van der Waals surface area contributed by atoms with Gasteiger partial charge in [0, 0.05) is 34.9 Å². The Hall–Kier alpha value is -0.580. The lowest BCUT2D eigenvalue weighted by Crippen LogP contribution is -2.49. The number of amides is 1. The highest BCUT2D eigenvalue weighted by molar-refractivity contribution is 7.12. The fourth-order valence-electron chi connectivity index (χ4n) is 3.40. The van der Waals surface area contributed by atoms with Gasteiger partial charge in [-0.15, -0.1) is 23.7 Å². The van der Waals surface area contributed by atoms with Crippen LogP contribution >= 0.6 is 23.7 Å². The minimum atomic E-state index is 0. The fraction of sp³-hybridized carbons (Fsp3) is 0.667. The van der Waals surface area contributed by atoms with Crippen LogP contribution in [0.3, 0.4) is 0 Å². The molecular formula is C15H23ClN2OS. The van der Waals surface area contributed by atoms with Crippen molar-refractivity contribution in [2.75, 3.05) is 7.05 Å². The van der Waals surface area contributed by atoms with Crippen molar-refractivity contribution >= 4 is 29.7 Å². The maximum Gasteiger partial charge on any atom is 0.227 e. The van der Waals surface area contributed by atoms with E-state index < -0.39 is 0 Å². The summed E-state index contributed by atoms with van der Waals surface area (Å²) >= 11 is 1.73. The van der Waals surface area contributed by atoms with Crippen molar-refractivity contribution in [3.05, 3.63) is 21.9 Å². The van der Waals surface area contributed by atoms with E-state index in [-0.39, 0.29) is 18.3 Å². The standard InChI is InChI=1S/C15H22N2OS.ClH/c1-10-3-6-14(19-10)9-15(18)17(2)13-7-11-4-5-12(8-13)16-11;/h3,6,11-13,16H,4-5,7-9H2,1-2H3;1H. The summed E-state index contributed by atoms with van der Waals surface area (Å²) in [6, 6.07) is 5.90. The highest BCUT2D eigenvalue weighted by Gasteiger charge is 2.36. The maximum atomic E-state index is 12.4. The lowest BCUT2D eigenvalue weighted by molar-refractivity contribution is -0.131. The number of aryl methyl sites for hydroxylation is 1. The van der Waals surface area contributed by atoms with Gasteiger partial charge in [0.15, 0.2) is 0 Å². The number of carbonyl (C=O) groups is 1. The van der Waals surface area contributed by atoms with Crippen molar-refractivity contribution in [3.63, 3.8) is 0 Å². The van der Waals surface area contributed by atoms with Gasteiger partial charge >= 0.3 is 0 Å². The maximum absolute atomic E-state index is 12.4. The van der Waals surface area contributed by atoms with Gasteiger partial charge in [-0.1, -0.05) is 0 Å². The molecule has 112 valence electrons. The monoisotopic (exact) mass is 314 g/mol. The number of hydrogen-bond acceptors (Lipinski definition) is 3. The van der Waals surface area contributed by atoms with Crippen molar-refractivity contribution in [2.24, 2.45) is 0 Å². The molecule has 2 unspecified atom stereocenters. The Labute approximate surface area is 131 Å². The molecule has 20 heavy (non-hydrogen) atoms. The quantitative estimate of drug-likeness (QED) is 0.930. The van der Waals surface area contributed by atoms with Gasteiger partial charge in [-0.05, 0) is 44.7 Å². The van der Waals surface area contributed by atoms with E-state index >= 15 is 0 Å². The smallest absolute Gasteiger partial charge is 0.227 e. The second-order valence-corrected chi connectivity index (χ2v) is 7.33. The average molecular weight is 315 g/mol. The van der Waals surface area contributed by atoms with Gasteiger partial charge in [0.1, 0.15) is 0 Å². The fourth-order valence-corrected chi connectivity index (χ4v) is 4.28. The van der Waals surface area contributed by atoms with Crippen LogP contribution in [0.25, 0.3) is 0 Å². The summed E-state index contributed by atoms with van der Waals surface area (Å²) in [5.41, 5.74) is 0. The highest BCUT2D eigenvalue weighted by Crippen LogP contribution is 2.29. The van der Waals surface area contributed by atoms with E-state index in [1.54, 1.807) is 11.3 Å². The van der Waals surface area contributed by atoms with Gasteiger partial charge < -0.3 is 10.2 Å². The van der Waals surface area contributed by atoms with Crippen molar-refractivity contribution < 1.29 is 4.79 Å². The molecule has 0 spiro atoms. The van der Waals surface area contributed by atoms with Gasteiger partial charge in [0.25, 0.3) is 0 Å². The largest absolute Gasteiger partial charge is 0.342 e. The first-order valence-electron chi connectivity index (χ1n) is 7.19. The minimum Gasteiger partial charge on any atom is -0.342 e. The third-order valence-electron chi connectivity index (χ3n) is 4.51. The zero-order chi connectivity index (χ0) is 13.4. The number of fused-ring (bicyclic) bond motifs is 2. The van der Waals surface area contributed by atoms with Crippen LogP contribution in [0.5, 0.6) is 0 Å². The van der Waals surface area contributed by atoms with E-state index in [1.807, 2.05) is 11.9 Å². The topological polar surface area (TPSA) is 32.3 Å². The number of halogens is 1. The SMILES string of the molecule is Cc1ccc(CC(=O)N(C)C2CC3CCC(C2)N3)s1.Cl. The van der Waals surface area contributed by atoms with Crippen LogP contribution in [0.4, 0.5) is 0 Å². The van der Waals surface area contributed by atoms with Gasteiger partial charge in [-0.2, -0.15) is 0 Å². The molecule has 2 bridgehead atoms. The summed E-state index contributed by atoms with van der Waals surface area (Å²) in [5.74, 6) is 0.271. The molecule has 0 aromatic carbocycles. The Morgan fingerprint density at radius 3 is 2.55 bits per heavy atom. The average Bonchev–Trinajstić information content (AvgIpc) is 2.94. The Balaban J connectivity index is 0.00000147. The van der Waals surface area contributed by atoms with Gasteiger partial charge in [0.05, 0.1) is 6.42 Å². The van der Waals surface area contributed by atoms with Crippen LogP contribution in [0.2, 0.25) is 0 Å². The number of rotatable bonds is 3. The molecule has 2 saturated heterocycles. The number of nitrogens with one attached hydrogen (secondary N) is 1. The molecule has 3 heterocycles. The molecule has 1 amide bonds. The number of hydrogen-bond donors (Lipinski definition) is 1. The van der Waals surface area contributed by atoms with E-state index in [2.05, 4.69) is 24.4 Å². The van der Waals surface area contributed by atoms with Crippen LogP contribution in [-0.4, -0.2) is 36.0 Å². The molecule has 2 aliphatic heterocycles. The van der Waals surface area contributed by atoms with Gasteiger partial charge in [-0.25, -0.2) is 0 Å². The molecule has 2 aliphatic rings. The molecule has 1 aromatic heterocycles. The van der Waals surface area contributed by atoms with Crippen molar-refractivity contribution in [2.45, 2.75) is 57.2 Å². The first-order valence-corrected chi connectivity index (χ1v) is 8.00. The Morgan fingerprint density at radius 1 is 1.35 bits per heavy atom. The van der Waals surface area contributed by atoms with Crippen molar-refractivity contribution in [1.29, 1.82) is 0 Å². The third-order valence-corrected chi connectivity index (χ3v) is 5.51. The summed E-state index contributed by atoms with van der Waals surface area (Å²) in [7, 11) is 1.98. The molecule has 2 fully saturated rings. The number of thiophene rings is 1. The zero-order valence-electron chi connectivity index (χ0n) is 12.1. The lowest BCUT2D eigenvalue weighted by Gasteiger charge is -2.35. The molecular weight excluding hydrogens is 292 g/mol. The summed E-state index contributed by atoms with van der Waals surface area (Å²) in [6.07, 6.45) is 5.39. The molecule has 0 radical (unpaired) electrons. The number of piperidine rings is 1. The Morgan fingerprint density at radius 2 is 2.00 bits per heavy atom. The Kier molecular flexibility index (Phi) is 5.10. The van der Waals surface area contributed by atoms with Crippen LogP contribution in [0, 0.1) is 6.92 Å². The lowest BCUT2D eigenvalue weighted by atomic mass is 9.98. The molecule has 1 N–H and O–H groups in total.